The van der Waals surface area contributed by atoms with Crippen molar-refractivity contribution in [3.8, 4) is 17.0 Å². The summed E-state index contributed by atoms with van der Waals surface area (Å²) in [5.41, 5.74) is 4.36. The molecule has 3 rings (SSSR count). The normalized spacial score (nSPS) is 11.5. The molecule has 0 aliphatic rings. The summed E-state index contributed by atoms with van der Waals surface area (Å²) in [6, 6.07) is 18.2. The number of nitrogens with zero attached hydrogens (tertiary/aromatic N) is 2. The quantitative estimate of drug-likeness (QED) is 0.497. The van der Waals surface area contributed by atoms with Crippen LogP contribution in [0, 0.1) is 4.77 Å². The first-order valence-corrected chi connectivity index (χ1v) is 8.61. The van der Waals surface area contributed by atoms with E-state index in [2.05, 4.69) is 22.2 Å². The van der Waals surface area contributed by atoms with Gasteiger partial charge in [-0.15, -0.1) is 0 Å². The molecule has 25 heavy (non-hydrogen) atoms. The Morgan fingerprint density at radius 2 is 1.84 bits per heavy atom. The molecule has 1 N–H and O–H groups in total. The summed E-state index contributed by atoms with van der Waals surface area (Å²) in [4.78, 5) is 3.21. The standard InChI is InChI=1S/C20H21N3OS/c1-15(8-9-16-10-12-18(24-2)13-11-16)22-23-14-19(21-20(23)25)17-6-4-3-5-7-17/h3-7,10-14H,8-9H2,1-2H3,(H,21,25)/b22-15-. The lowest BCUT2D eigenvalue weighted by Crippen LogP contribution is -1.99. The molecule has 0 aliphatic carbocycles. The van der Waals surface area contributed by atoms with Gasteiger partial charge in [-0.1, -0.05) is 42.5 Å². The number of methoxy groups -OCH3 is 1. The van der Waals surface area contributed by atoms with Crippen molar-refractivity contribution in [1.29, 1.82) is 0 Å². The number of aromatic nitrogens is 2. The molecule has 0 spiro atoms. The summed E-state index contributed by atoms with van der Waals surface area (Å²) in [6.07, 6.45) is 3.75. The number of ether oxygens (including phenoxy) is 1. The molecule has 4 nitrogen and oxygen atoms in total. The van der Waals surface area contributed by atoms with Crippen LogP contribution in [0.3, 0.4) is 0 Å². The molecule has 3 aromatic rings. The molecule has 0 saturated heterocycles. The molecular weight excluding hydrogens is 330 g/mol. The SMILES string of the molecule is COc1ccc(CC/C(C)=N\n2cc(-c3ccccc3)[nH]c2=S)cc1. The fourth-order valence-electron chi connectivity index (χ4n) is 2.58. The van der Waals surface area contributed by atoms with Crippen molar-refractivity contribution >= 4 is 17.9 Å². The zero-order chi connectivity index (χ0) is 17.6. The average Bonchev–Trinajstić information content (AvgIpc) is 3.01. The monoisotopic (exact) mass is 351 g/mol. The van der Waals surface area contributed by atoms with E-state index in [0.717, 1.165) is 35.6 Å². The molecular formula is C20H21N3OS. The summed E-state index contributed by atoms with van der Waals surface area (Å²) in [6.45, 7) is 2.03. The fourth-order valence-corrected chi connectivity index (χ4v) is 2.78. The molecule has 5 heteroatoms. The minimum absolute atomic E-state index is 0.600. The number of aromatic amines is 1. The highest BCUT2D eigenvalue weighted by Crippen LogP contribution is 2.17. The highest BCUT2D eigenvalue weighted by Gasteiger charge is 2.03. The first kappa shape index (κ1) is 17.2. The molecule has 0 unspecified atom stereocenters. The molecule has 1 aromatic heterocycles. The lowest BCUT2D eigenvalue weighted by atomic mass is 10.1. The van der Waals surface area contributed by atoms with Gasteiger partial charge in [-0.25, -0.2) is 4.68 Å². The molecule has 0 amide bonds. The van der Waals surface area contributed by atoms with E-state index < -0.39 is 0 Å². The molecule has 0 saturated carbocycles. The molecule has 0 aliphatic heterocycles. The van der Waals surface area contributed by atoms with E-state index in [1.165, 1.54) is 5.56 Å². The van der Waals surface area contributed by atoms with E-state index in [1.54, 1.807) is 11.8 Å². The van der Waals surface area contributed by atoms with Crippen LogP contribution in [-0.2, 0) is 6.42 Å². The van der Waals surface area contributed by atoms with Gasteiger partial charge in [0.05, 0.1) is 19.0 Å². The minimum atomic E-state index is 0.600. The van der Waals surface area contributed by atoms with Crippen molar-refractivity contribution in [2.75, 3.05) is 7.11 Å². The van der Waals surface area contributed by atoms with Crippen LogP contribution in [0.15, 0.2) is 65.9 Å². The molecule has 0 bridgehead atoms. The number of benzene rings is 2. The van der Waals surface area contributed by atoms with Crippen LogP contribution in [0.4, 0.5) is 0 Å². The van der Waals surface area contributed by atoms with Crippen molar-refractivity contribution < 1.29 is 4.74 Å². The zero-order valence-electron chi connectivity index (χ0n) is 14.4. The van der Waals surface area contributed by atoms with Gasteiger partial charge in [0.2, 0.25) is 0 Å². The van der Waals surface area contributed by atoms with Gasteiger partial charge in [0.15, 0.2) is 4.77 Å². The van der Waals surface area contributed by atoms with Crippen LogP contribution < -0.4 is 4.74 Å². The van der Waals surface area contributed by atoms with Crippen molar-refractivity contribution in [1.82, 2.24) is 9.66 Å². The number of imidazole rings is 1. The Morgan fingerprint density at radius 1 is 1.12 bits per heavy atom. The van der Waals surface area contributed by atoms with E-state index in [1.807, 2.05) is 55.6 Å². The lowest BCUT2D eigenvalue weighted by molar-refractivity contribution is 0.414. The second-order valence-corrected chi connectivity index (χ2v) is 6.25. The molecule has 128 valence electrons. The third kappa shape index (κ3) is 4.45. The first-order valence-electron chi connectivity index (χ1n) is 8.20. The maximum Gasteiger partial charge on any atom is 0.198 e. The first-order chi connectivity index (χ1) is 12.2. The predicted octanol–water partition coefficient (Wildman–Crippen LogP) is 5.08. The Labute approximate surface area is 152 Å². The Morgan fingerprint density at radius 3 is 2.52 bits per heavy atom. The average molecular weight is 351 g/mol. The molecule has 0 radical (unpaired) electrons. The van der Waals surface area contributed by atoms with Gasteiger partial charge in [0.25, 0.3) is 0 Å². The Bertz CT molecular complexity index is 908. The van der Waals surface area contributed by atoms with E-state index in [-0.39, 0.29) is 0 Å². The number of rotatable bonds is 6. The summed E-state index contributed by atoms with van der Waals surface area (Å²) in [5, 5.41) is 4.63. The van der Waals surface area contributed by atoms with Crippen LogP contribution in [0.5, 0.6) is 5.75 Å². The lowest BCUT2D eigenvalue weighted by Gasteiger charge is -2.04. The zero-order valence-corrected chi connectivity index (χ0v) is 15.2. The van der Waals surface area contributed by atoms with Gasteiger partial charge in [0, 0.05) is 5.71 Å². The van der Waals surface area contributed by atoms with Gasteiger partial charge in [0.1, 0.15) is 5.75 Å². The number of hydrogen-bond donors (Lipinski definition) is 1. The number of H-pyrrole nitrogens is 1. The van der Waals surface area contributed by atoms with Crippen LogP contribution in [-0.4, -0.2) is 22.5 Å². The van der Waals surface area contributed by atoms with Crippen molar-refractivity contribution in [3.63, 3.8) is 0 Å². The summed E-state index contributed by atoms with van der Waals surface area (Å²) in [5.74, 6) is 0.876. The molecule has 0 fully saturated rings. The third-order valence-corrected chi connectivity index (χ3v) is 4.29. The van der Waals surface area contributed by atoms with Gasteiger partial charge in [-0.05, 0) is 55.2 Å². The number of hydrogen-bond acceptors (Lipinski definition) is 3. The van der Waals surface area contributed by atoms with E-state index in [9.17, 15) is 0 Å². The van der Waals surface area contributed by atoms with Crippen molar-refractivity contribution in [2.45, 2.75) is 19.8 Å². The minimum Gasteiger partial charge on any atom is -0.497 e. The van der Waals surface area contributed by atoms with Crippen LogP contribution >= 0.6 is 12.2 Å². The van der Waals surface area contributed by atoms with Crippen LogP contribution in [0.2, 0.25) is 0 Å². The summed E-state index contributed by atoms with van der Waals surface area (Å²) < 4.78 is 7.52. The Balaban J connectivity index is 1.69. The van der Waals surface area contributed by atoms with Gasteiger partial charge < -0.3 is 9.72 Å². The summed E-state index contributed by atoms with van der Waals surface area (Å²) >= 11 is 5.38. The molecule has 0 atom stereocenters. The second-order valence-electron chi connectivity index (χ2n) is 5.87. The largest absolute Gasteiger partial charge is 0.497 e. The predicted molar refractivity (Wildman–Crippen MR) is 105 cm³/mol. The van der Waals surface area contributed by atoms with Gasteiger partial charge in [-0.3, -0.25) is 0 Å². The maximum atomic E-state index is 5.38. The maximum absolute atomic E-state index is 5.38. The smallest absolute Gasteiger partial charge is 0.198 e. The highest BCUT2D eigenvalue weighted by atomic mass is 32.1. The topological polar surface area (TPSA) is 42.3 Å². The van der Waals surface area contributed by atoms with Crippen molar-refractivity contribution in [3.05, 3.63) is 71.1 Å². The second kappa shape index (κ2) is 7.94. The Hall–Kier alpha value is -2.66. The summed E-state index contributed by atoms with van der Waals surface area (Å²) in [7, 11) is 1.68. The van der Waals surface area contributed by atoms with Crippen LogP contribution in [0.25, 0.3) is 11.3 Å². The van der Waals surface area contributed by atoms with Crippen LogP contribution in [0.1, 0.15) is 18.9 Å². The number of nitrogens with one attached hydrogen (secondary N) is 1. The molecule has 1 heterocycles. The van der Waals surface area contributed by atoms with E-state index in [4.69, 9.17) is 17.0 Å². The third-order valence-electron chi connectivity index (χ3n) is 4.00. The molecule has 2 aromatic carbocycles. The van der Waals surface area contributed by atoms with Gasteiger partial charge >= 0.3 is 0 Å². The highest BCUT2D eigenvalue weighted by molar-refractivity contribution is 7.71. The fraction of sp³-hybridized carbons (Fsp3) is 0.200. The van der Waals surface area contributed by atoms with Crippen molar-refractivity contribution in [2.24, 2.45) is 5.10 Å². The number of aryl methyl sites for hydroxylation is 1. The van der Waals surface area contributed by atoms with Gasteiger partial charge in [-0.2, -0.15) is 5.10 Å². The Kier molecular flexibility index (Phi) is 5.46. The van der Waals surface area contributed by atoms with E-state index in [0.29, 0.717) is 4.77 Å². The van der Waals surface area contributed by atoms with E-state index >= 15 is 0 Å².